The Morgan fingerprint density at radius 1 is 1.05 bits per heavy atom. The summed E-state index contributed by atoms with van der Waals surface area (Å²) in [6.45, 7) is 12.3. The predicted molar refractivity (Wildman–Crippen MR) is 78.6 cm³/mol. The molecule has 0 saturated heterocycles. The number of hydrogen-bond acceptors (Lipinski definition) is 3. The third-order valence-corrected chi connectivity index (χ3v) is 3.30. The summed E-state index contributed by atoms with van der Waals surface area (Å²) in [5.41, 5.74) is 9.26. The number of carbonyl (C=O) groups excluding carboxylic acids is 1. The van der Waals surface area contributed by atoms with Gasteiger partial charge in [0.1, 0.15) is 11.8 Å². The van der Waals surface area contributed by atoms with Crippen molar-refractivity contribution in [2.75, 3.05) is 0 Å². The van der Waals surface area contributed by atoms with Gasteiger partial charge in [-0.05, 0) is 54.5 Å². The summed E-state index contributed by atoms with van der Waals surface area (Å²) in [6.07, 6.45) is 0. The molecule has 106 valence electrons. The van der Waals surface area contributed by atoms with E-state index in [2.05, 4.69) is 34.6 Å². The van der Waals surface area contributed by atoms with E-state index in [-0.39, 0.29) is 0 Å². The maximum Gasteiger partial charge on any atom is 0.328 e. The van der Waals surface area contributed by atoms with Crippen molar-refractivity contribution >= 4 is 5.97 Å². The van der Waals surface area contributed by atoms with Gasteiger partial charge in [0, 0.05) is 0 Å². The summed E-state index contributed by atoms with van der Waals surface area (Å²) in [5.74, 6) is 0.992. The topological polar surface area (TPSA) is 52.3 Å². The zero-order valence-electron chi connectivity index (χ0n) is 12.8. The van der Waals surface area contributed by atoms with Crippen molar-refractivity contribution in [3.63, 3.8) is 0 Å². The Morgan fingerprint density at radius 3 is 1.79 bits per heavy atom. The van der Waals surface area contributed by atoms with Crippen LogP contribution in [-0.4, -0.2) is 12.0 Å². The number of hydrogen-bond donors (Lipinski definition) is 1. The highest BCUT2D eigenvalue weighted by Gasteiger charge is 2.16. The molecule has 1 aromatic rings. The lowest BCUT2D eigenvalue weighted by atomic mass is 9.89. The van der Waals surface area contributed by atoms with Crippen molar-refractivity contribution in [1.29, 1.82) is 0 Å². The molecule has 19 heavy (non-hydrogen) atoms. The minimum atomic E-state index is -0.605. The van der Waals surface area contributed by atoms with Crippen LogP contribution in [0.15, 0.2) is 12.1 Å². The average molecular weight is 263 g/mol. The van der Waals surface area contributed by atoms with E-state index in [0.29, 0.717) is 17.6 Å². The Bertz CT molecular complexity index is 433. The molecule has 1 unspecified atom stereocenters. The van der Waals surface area contributed by atoms with E-state index in [1.165, 1.54) is 16.7 Å². The number of esters is 1. The molecule has 3 heteroatoms. The second-order valence-corrected chi connectivity index (χ2v) is 5.75. The fourth-order valence-electron chi connectivity index (χ4n) is 2.20. The van der Waals surface area contributed by atoms with Gasteiger partial charge in [0.25, 0.3) is 0 Å². The minimum absolute atomic E-state index is 0.395. The van der Waals surface area contributed by atoms with Gasteiger partial charge in [-0.3, -0.25) is 0 Å². The molecule has 0 aromatic heterocycles. The third-order valence-electron chi connectivity index (χ3n) is 3.30. The molecule has 0 aliphatic heterocycles. The highest BCUT2D eigenvalue weighted by molar-refractivity contribution is 5.77. The smallest absolute Gasteiger partial charge is 0.328 e. The largest absolute Gasteiger partial charge is 0.425 e. The summed E-state index contributed by atoms with van der Waals surface area (Å²) in [5, 5.41) is 0. The first-order valence-corrected chi connectivity index (χ1v) is 6.85. The molecule has 0 fully saturated rings. The third kappa shape index (κ3) is 3.80. The number of nitrogens with two attached hydrogens (primary N) is 1. The van der Waals surface area contributed by atoms with Crippen molar-refractivity contribution in [3.05, 3.63) is 28.8 Å². The molecule has 0 saturated carbocycles. The van der Waals surface area contributed by atoms with Crippen LogP contribution in [-0.2, 0) is 4.79 Å². The summed E-state index contributed by atoms with van der Waals surface area (Å²) in [6, 6.07) is 3.30. The van der Waals surface area contributed by atoms with Crippen molar-refractivity contribution in [1.82, 2.24) is 0 Å². The van der Waals surface area contributed by atoms with Gasteiger partial charge in [-0.2, -0.15) is 0 Å². The van der Waals surface area contributed by atoms with E-state index in [4.69, 9.17) is 10.5 Å². The van der Waals surface area contributed by atoms with E-state index in [9.17, 15) is 4.79 Å². The molecule has 3 nitrogen and oxygen atoms in total. The first-order chi connectivity index (χ1) is 8.73. The van der Waals surface area contributed by atoms with E-state index in [1.807, 2.05) is 12.1 Å². The van der Waals surface area contributed by atoms with Crippen LogP contribution in [0.4, 0.5) is 0 Å². The molecule has 1 aromatic carbocycles. The Balaban J connectivity index is 3.23. The summed E-state index contributed by atoms with van der Waals surface area (Å²) in [7, 11) is 0. The lowest BCUT2D eigenvalue weighted by Gasteiger charge is -2.19. The van der Waals surface area contributed by atoms with Crippen LogP contribution in [0.3, 0.4) is 0 Å². The number of ether oxygens (including phenoxy) is 1. The molecule has 0 heterocycles. The van der Waals surface area contributed by atoms with Crippen LogP contribution in [0.5, 0.6) is 5.75 Å². The molecule has 1 rings (SSSR count). The average Bonchev–Trinajstić information content (AvgIpc) is 2.30. The first kappa shape index (κ1) is 15.7. The van der Waals surface area contributed by atoms with Gasteiger partial charge < -0.3 is 10.5 Å². The molecule has 0 aliphatic carbocycles. The van der Waals surface area contributed by atoms with E-state index in [0.717, 1.165) is 0 Å². The van der Waals surface area contributed by atoms with Crippen LogP contribution in [0.25, 0.3) is 0 Å². The second kappa shape index (κ2) is 6.20. The van der Waals surface area contributed by atoms with E-state index in [1.54, 1.807) is 6.92 Å². The monoisotopic (exact) mass is 263 g/mol. The van der Waals surface area contributed by atoms with E-state index < -0.39 is 12.0 Å². The Kier molecular flexibility index (Phi) is 5.12. The molecule has 0 radical (unpaired) electrons. The van der Waals surface area contributed by atoms with Crippen LogP contribution in [0.1, 0.15) is 63.1 Å². The lowest BCUT2D eigenvalue weighted by molar-refractivity contribution is -0.135. The zero-order valence-corrected chi connectivity index (χ0v) is 12.8. The highest BCUT2D eigenvalue weighted by Crippen LogP contribution is 2.31. The summed E-state index contributed by atoms with van der Waals surface area (Å²) >= 11 is 0. The van der Waals surface area contributed by atoms with Crippen molar-refractivity contribution in [3.8, 4) is 5.75 Å². The maximum absolute atomic E-state index is 11.6. The second-order valence-electron chi connectivity index (χ2n) is 5.75. The minimum Gasteiger partial charge on any atom is -0.425 e. The standard InChI is InChI=1S/C16H25NO2/c1-9(2)14-7-13(19-16(18)12(6)17)8-15(10(3)4)11(14)5/h7-10,12H,17H2,1-6H3. The molecular formula is C16H25NO2. The van der Waals surface area contributed by atoms with E-state index >= 15 is 0 Å². The van der Waals surface area contributed by atoms with Gasteiger partial charge in [-0.1, -0.05) is 27.7 Å². The summed E-state index contributed by atoms with van der Waals surface area (Å²) < 4.78 is 5.35. The predicted octanol–water partition coefficient (Wildman–Crippen LogP) is 3.49. The first-order valence-electron chi connectivity index (χ1n) is 6.85. The van der Waals surface area contributed by atoms with Gasteiger partial charge in [-0.25, -0.2) is 4.79 Å². The van der Waals surface area contributed by atoms with Crippen LogP contribution in [0.2, 0.25) is 0 Å². The lowest BCUT2D eigenvalue weighted by Crippen LogP contribution is -2.31. The van der Waals surface area contributed by atoms with Crippen LogP contribution < -0.4 is 10.5 Å². The maximum atomic E-state index is 11.6. The molecule has 0 spiro atoms. The van der Waals surface area contributed by atoms with Gasteiger partial charge in [0.15, 0.2) is 0 Å². The molecule has 2 N–H and O–H groups in total. The van der Waals surface area contributed by atoms with Gasteiger partial charge in [0.05, 0.1) is 0 Å². The Morgan fingerprint density at radius 2 is 1.47 bits per heavy atom. The van der Waals surface area contributed by atoms with Crippen LogP contribution >= 0.6 is 0 Å². The molecule has 0 bridgehead atoms. The SMILES string of the molecule is Cc1c(C(C)C)cc(OC(=O)C(C)N)cc1C(C)C. The van der Waals surface area contributed by atoms with Crippen molar-refractivity contribution < 1.29 is 9.53 Å². The van der Waals surface area contributed by atoms with Gasteiger partial charge >= 0.3 is 5.97 Å². The van der Waals surface area contributed by atoms with Gasteiger partial charge in [0.2, 0.25) is 0 Å². The van der Waals surface area contributed by atoms with Gasteiger partial charge in [-0.15, -0.1) is 0 Å². The fraction of sp³-hybridized carbons (Fsp3) is 0.562. The molecule has 0 amide bonds. The van der Waals surface area contributed by atoms with Crippen molar-refractivity contribution in [2.24, 2.45) is 5.73 Å². The highest BCUT2D eigenvalue weighted by atomic mass is 16.5. The Labute approximate surface area is 116 Å². The summed E-state index contributed by atoms with van der Waals surface area (Å²) in [4.78, 5) is 11.6. The molecular weight excluding hydrogens is 238 g/mol. The quantitative estimate of drug-likeness (QED) is 0.668. The normalized spacial score (nSPS) is 12.9. The number of carbonyl (C=O) groups is 1. The number of rotatable bonds is 4. The molecule has 1 atom stereocenters. The number of benzene rings is 1. The van der Waals surface area contributed by atoms with Crippen molar-refractivity contribution in [2.45, 2.75) is 59.4 Å². The fourth-order valence-corrected chi connectivity index (χ4v) is 2.20. The molecule has 0 aliphatic rings. The zero-order chi connectivity index (χ0) is 14.7. The Hall–Kier alpha value is -1.35. The van der Waals surface area contributed by atoms with Crippen LogP contribution in [0, 0.1) is 6.92 Å².